The average Bonchev–Trinajstić information content (AvgIpc) is 2.41. The normalized spacial score (nSPS) is 31.4. The van der Waals surface area contributed by atoms with E-state index in [2.05, 4.69) is 17.3 Å². The molecule has 1 aromatic carbocycles. The second-order valence-electron chi connectivity index (χ2n) is 5.99. The summed E-state index contributed by atoms with van der Waals surface area (Å²) in [5.74, 6) is -0.141. The fourth-order valence-electron chi connectivity index (χ4n) is 3.77. The lowest BCUT2D eigenvalue weighted by Gasteiger charge is -2.49. The SMILES string of the molecule is CNC1CC2CCCC(C1)N2Cc1ccc(F)cc1. The summed E-state index contributed by atoms with van der Waals surface area (Å²) < 4.78 is 13.0. The first-order valence-corrected chi connectivity index (χ1v) is 7.43. The van der Waals surface area contributed by atoms with Crippen LogP contribution in [0, 0.1) is 5.82 Å². The van der Waals surface area contributed by atoms with Crippen LogP contribution >= 0.6 is 0 Å². The van der Waals surface area contributed by atoms with E-state index in [1.165, 1.54) is 37.7 Å². The second kappa shape index (κ2) is 5.59. The third kappa shape index (κ3) is 2.82. The molecule has 0 spiro atoms. The Balaban J connectivity index is 1.71. The summed E-state index contributed by atoms with van der Waals surface area (Å²) in [7, 11) is 2.08. The van der Waals surface area contributed by atoms with Crippen LogP contribution in [0.5, 0.6) is 0 Å². The molecule has 0 saturated carbocycles. The summed E-state index contributed by atoms with van der Waals surface area (Å²) in [6.07, 6.45) is 6.51. The monoisotopic (exact) mass is 262 g/mol. The highest BCUT2D eigenvalue weighted by Gasteiger charge is 2.37. The lowest BCUT2D eigenvalue weighted by atomic mass is 9.81. The lowest BCUT2D eigenvalue weighted by molar-refractivity contribution is 0.0190. The van der Waals surface area contributed by atoms with Gasteiger partial charge < -0.3 is 5.32 Å². The molecular weight excluding hydrogens is 239 g/mol. The average molecular weight is 262 g/mol. The minimum atomic E-state index is -0.141. The molecule has 0 radical (unpaired) electrons. The van der Waals surface area contributed by atoms with Gasteiger partial charge in [0, 0.05) is 24.7 Å². The number of fused-ring (bicyclic) bond motifs is 2. The van der Waals surface area contributed by atoms with Gasteiger partial charge in [-0.1, -0.05) is 18.6 Å². The minimum Gasteiger partial charge on any atom is -0.317 e. The van der Waals surface area contributed by atoms with Crippen molar-refractivity contribution in [1.29, 1.82) is 0 Å². The van der Waals surface area contributed by atoms with Gasteiger partial charge in [0.25, 0.3) is 0 Å². The Morgan fingerprint density at radius 1 is 1.16 bits per heavy atom. The van der Waals surface area contributed by atoms with Crippen molar-refractivity contribution in [3.05, 3.63) is 35.6 Å². The molecule has 2 unspecified atom stereocenters. The van der Waals surface area contributed by atoms with Crippen molar-refractivity contribution in [2.24, 2.45) is 0 Å². The van der Waals surface area contributed by atoms with E-state index in [1.807, 2.05) is 12.1 Å². The number of hydrogen-bond donors (Lipinski definition) is 1. The number of nitrogens with zero attached hydrogens (tertiary/aromatic N) is 1. The molecule has 2 atom stereocenters. The Labute approximate surface area is 115 Å². The van der Waals surface area contributed by atoms with Gasteiger partial charge in [-0.25, -0.2) is 4.39 Å². The van der Waals surface area contributed by atoms with Crippen LogP contribution < -0.4 is 5.32 Å². The molecule has 2 fully saturated rings. The number of nitrogens with one attached hydrogen (secondary N) is 1. The van der Waals surface area contributed by atoms with E-state index >= 15 is 0 Å². The fourth-order valence-corrected chi connectivity index (χ4v) is 3.77. The molecular formula is C16H23FN2. The Kier molecular flexibility index (Phi) is 3.85. The first kappa shape index (κ1) is 13.1. The second-order valence-corrected chi connectivity index (χ2v) is 5.99. The molecule has 3 heteroatoms. The summed E-state index contributed by atoms with van der Waals surface area (Å²) in [6, 6.07) is 9.09. The fraction of sp³-hybridized carbons (Fsp3) is 0.625. The topological polar surface area (TPSA) is 15.3 Å². The van der Waals surface area contributed by atoms with Gasteiger partial charge in [0.1, 0.15) is 5.82 Å². The number of halogens is 1. The molecule has 0 aromatic heterocycles. The molecule has 2 heterocycles. The van der Waals surface area contributed by atoms with Crippen LogP contribution in [0.2, 0.25) is 0 Å². The van der Waals surface area contributed by atoms with Crippen LogP contribution in [0.3, 0.4) is 0 Å². The molecule has 2 aliphatic heterocycles. The van der Waals surface area contributed by atoms with Crippen molar-refractivity contribution >= 4 is 0 Å². The predicted octanol–water partition coefficient (Wildman–Crippen LogP) is 2.93. The van der Waals surface area contributed by atoms with E-state index in [9.17, 15) is 4.39 Å². The first-order valence-electron chi connectivity index (χ1n) is 7.43. The van der Waals surface area contributed by atoms with Crippen LogP contribution in [0.1, 0.15) is 37.7 Å². The van der Waals surface area contributed by atoms with Gasteiger partial charge in [-0.3, -0.25) is 4.90 Å². The lowest BCUT2D eigenvalue weighted by Crippen LogP contribution is -2.55. The van der Waals surface area contributed by atoms with E-state index in [0.29, 0.717) is 18.1 Å². The maximum absolute atomic E-state index is 13.0. The molecule has 104 valence electrons. The first-order chi connectivity index (χ1) is 9.26. The quantitative estimate of drug-likeness (QED) is 0.901. The Hall–Kier alpha value is -0.930. The maximum Gasteiger partial charge on any atom is 0.123 e. The van der Waals surface area contributed by atoms with Gasteiger partial charge in [-0.2, -0.15) is 0 Å². The van der Waals surface area contributed by atoms with Crippen LogP contribution in [0.4, 0.5) is 4.39 Å². The van der Waals surface area contributed by atoms with Crippen molar-refractivity contribution in [1.82, 2.24) is 10.2 Å². The molecule has 0 amide bonds. The van der Waals surface area contributed by atoms with Gasteiger partial charge in [0.2, 0.25) is 0 Å². The highest BCUT2D eigenvalue weighted by atomic mass is 19.1. The molecule has 2 nitrogen and oxygen atoms in total. The van der Waals surface area contributed by atoms with Crippen LogP contribution in [-0.2, 0) is 6.54 Å². The molecule has 0 aliphatic carbocycles. The Morgan fingerprint density at radius 3 is 2.37 bits per heavy atom. The van der Waals surface area contributed by atoms with Crippen LogP contribution in [0.25, 0.3) is 0 Å². The standard InChI is InChI=1S/C16H23FN2/c1-18-14-9-15-3-2-4-16(10-14)19(15)11-12-5-7-13(17)8-6-12/h5-8,14-16,18H,2-4,9-11H2,1H3. The van der Waals surface area contributed by atoms with Gasteiger partial charge in [0.15, 0.2) is 0 Å². The summed E-state index contributed by atoms with van der Waals surface area (Å²) in [4.78, 5) is 2.66. The van der Waals surface area contributed by atoms with Crippen molar-refractivity contribution in [3.8, 4) is 0 Å². The Morgan fingerprint density at radius 2 is 1.79 bits per heavy atom. The number of benzene rings is 1. The van der Waals surface area contributed by atoms with Crippen LogP contribution in [-0.4, -0.2) is 30.1 Å². The number of piperidine rings is 2. The smallest absolute Gasteiger partial charge is 0.123 e. The molecule has 19 heavy (non-hydrogen) atoms. The summed E-state index contributed by atoms with van der Waals surface area (Å²) in [5, 5.41) is 3.45. The third-order valence-corrected chi connectivity index (χ3v) is 4.81. The molecule has 2 saturated heterocycles. The van der Waals surface area contributed by atoms with E-state index in [4.69, 9.17) is 0 Å². The van der Waals surface area contributed by atoms with Crippen molar-refractivity contribution < 1.29 is 4.39 Å². The van der Waals surface area contributed by atoms with Gasteiger partial charge in [0.05, 0.1) is 0 Å². The van der Waals surface area contributed by atoms with E-state index in [-0.39, 0.29) is 5.82 Å². The maximum atomic E-state index is 13.0. The van der Waals surface area contributed by atoms with Crippen molar-refractivity contribution in [2.45, 2.75) is 56.8 Å². The molecule has 1 aromatic rings. The molecule has 1 N–H and O–H groups in total. The molecule has 3 rings (SSSR count). The third-order valence-electron chi connectivity index (χ3n) is 4.81. The highest BCUT2D eigenvalue weighted by Crippen LogP contribution is 2.35. The minimum absolute atomic E-state index is 0.141. The predicted molar refractivity (Wildman–Crippen MR) is 75.5 cm³/mol. The Bertz CT molecular complexity index is 403. The number of rotatable bonds is 3. The summed E-state index contributed by atoms with van der Waals surface area (Å²) >= 11 is 0. The zero-order valence-corrected chi connectivity index (χ0v) is 11.6. The van der Waals surface area contributed by atoms with Crippen molar-refractivity contribution in [2.75, 3.05) is 7.05 Å². The number of hydrogen-bond acceptors (Lipinski definition) is 2. The highest BCUT2D eigenvalue weighted by molar-refractivity contribution is 5.16. The largest absolute Gasteiger partial charge is 0.317 e. The van der Waals surface area contributed by atoms with Gasteiger partial charge in [-0.05, 0) is 50.4 Å². The van der Waals surface area contributed by atoms with Crippen molar-refractivity contribution in [3.63, 3.8) is 0 Å². The van der Waals surface area contributed by atoms with E-state index < -0.39 is 0 Å². The zero-order valence-electron chi connectivity index (χ0n) is 11.6. The molecule has 2 bridgehead atoms. The summed E-state index contributed by atoms with van der Waals surface area (Å²) in [5.41, 5.74) is 1.24. The van der Waals surface area contributed by atoms with Gasteiger partial charge in [-0.15, -0.1) is 0 Å². The van der Waals surface area contributed by atoms with E-state index in [0.717, 1.165) is 6.54 Å². The van der Waals surface area contributed by atoms with Gasteiger partial charge >= 0.3 is 0 Å². The zero-order chi connectivity index (χ0) is 13.2. The summed E-state index contributed by atoms with van der Waals surface area (Å²) in [6.45, 7) is 0.978. The van der Waals surface area contributed by atoms with Crippen LogP contribution in [0.15, 0.2) is 24.3 Å². The van der Waals surface area contributed by atoms with E-state index in [1.54, 1.807) is 12.1 Å². The molecule has 2 aliphatic rings.